The van der Waals surface area contributed by atoms with Crippen LogP contribution in [0.15, 0.2) is 24.3 Å². The van der Waals surface area contributed by atoms with E-state index in [0.29, 0.717) is 6.54 Å². The van der Waals surface area contributed by atoms with Crippen LogP contribution in [-0.2, 0) is 17.9 Å². The van der Waals surface area contributed by atoms with Crippen LogP contribution in [0.1, 0.15) is 31.9 Å². The van der Waals surface area contributed by atoms with Crippen molar-refractivity contribution in [2.75, 3.05) is 13.1 Å². The molecule has 3 N–H and O–H groups in total. The first kappa shape index (κ1) is 15.7. The maximum atomic E-state index is 11.4. The molecule has 0 aliphatic heterocycles. The van der Waals surface area contributed by atoms with E-state index in [1.165, 1.54) is 5.56 Å². The fourth-order valence-electron chi connectivity index (χ4n) is 1.89. The van der Waals surface area contributed by atoms with Crippen LogP contribution in [0.3, 0.4) is 0 Å². The van der Waals surface area contributed by atoms with E-state index in [-0.39, 0.29) is 5.91 Å². The Morgan fingerprint density at radius 2 is 1.95 bits per heavy atom. The van der Waals surface area contributed by atoms with Gasteiger partial charge in [-0.3, -0.25) is 9.69 Å². The van der Waals surface area contributed by atoms with Crippen molar-refractivity contribution in [2.24, 2.45) is 5.73 Å². The van der Waals surface area contributed by atoms with E-state index >= 15 is 0 Å². The summed E-state index contributed by atoms with van der Waals surface area (Å²) in [6.07, 6.45) is 0. The van der Waals surface area contributed by atoms with Crippen LogP contribution in [0, 0.1) is 0 Å². The summed E-state index contributed by atoms with van der Waals surface area (Å²) in [4.78, 5) is 13.8. The molecule has 0 spiro atoms. The van der Waals surface area contributed by atoms with Crippen molar-refractivity contribution in [3.05, 3.63) is 35.4 Å². The molecule has 4 nitrogen and oxygen atoms in total. The van der Waals surface area contributed by atoms with Gasteiger partial charge in [-0.1, -0.05) is 38.1 Å². The van der Waals surface area contributed by atoms with E-state index in [4.69, 9.17) is 5.73 Å². The van der Waals surface area contributed by atoms with Crippen LogP contribution in [-0.4, -0.2) is 29.9 Å². The summed E-state index contributed by atoms with van der Waals surface area (Å²) in [7, 11) is 0. The molecule has 4 heteroatoms. The Balaban J connectivity index is 2.59. The Kier molecular flexibility index (Phi) is 6.53. The molecule has 0 fully saturated rings. The zero-order valence-corrected chi connectivity index (χ0v) is 12.1. The number of nitrogens with two attached hydrogens (primary N) is 1. The molecule has 1 aromatic carbocycles. The number of carbonyl (C=O) groups is 1. The highest BCUT2D eigenvalue weighted by Crippen LogP contribution is 2.08. The second kappa shape index (κ2) is 7.92. The number of nitrogens with one attached hydrogen (secondary N) is 1. The largest absolute Gasteiger partial charge is 0.351 e. The summed E-state index contributed by atoms with van der Waals surface area (Å²) in [5, 5.41) is 2.83. The topological polar surface area (TPSA) is 58.4 Å². The van der Waals surface area contributed by atoms with Crippen molar-refractivity contribution in [3.8, 4) is 0 Å². The van der Waals surface area contributed by atoms with Gasteiger partial charge >= 0.3 is 0 Å². The lowest BCUT2D eigenvalue weighted by Crippen LogP contribution is -2.37. The van der Waals surface area contributed by atoms with Crippen LogP contribution in [0.2, 0.25) is 0 Å². The minimum atomic E-state index is -0.459. The minimum Gasteiger partial charge on any atom is -0.351 e. The molecule has 0 aliphatic rings. The third-order valence-corrected chi connectivity index (χ3v) is 3.17. The predicted molar refractivity (Wildman–Crippen MR) is 78.6 cm³/mol. The zero-order chi connectivity index (χ0) is 14.3. The molecular weight excluding hydrogens is 238 g/mol. The van der Waals surface area contributed by atoms with E-state index in [1.54, 1.807) is 6.92 Å². The molecule has 1 atom stereocenters. The summed E-state index contributed by atoms with van der Waals surface area (Å²) in [6.45, 7) is 9.58. The van der Waals surface area contributed by atoms with Gasteiger partial charge < -0.3 is 11.1 Å². The van der Waals surface area contributed by atoms with Gasteiger partial charge in [0.05, 0.1) is 6.04 Å². The molecule has 0 heterocycles. The molecule has 106 valence electrons. The number of hydrogen-bond acceptors (Lipinski definition) is 3. The molecule has 1 unspecified atom stereocenters. The minimum absolute atomic E-state index is 0.117. The van der Waals surface area contributed by atoms with Gasteiger partial charge in [0, 0.05) is 13.1 Å². The van der Waals surface area contributed by atoms with Crippen molar-refractivity contribution >= 4 is 5.91 Å². The van der Waals surface area contributed by atoms with Gasteiger partial charge in [-0.05, 0) is 31.1 Å². The van der Waals surface area contributed by atoms with E-state index in [2.05, 4.69) is 36.2 Å². The van der Waals surface area contributed by atoms with E-state index in [0.717, 1.165) is 25.2 Å². The number of hydrogen-bond donors (Lipinski definition) is 2. The lowest BCUT2D eigenvalue weighted by molar-refractivity contribution is -0.122. The van der Waals surface area contributed by atoms with E-state index in [1.807, 2.05) is 12.1 Å². The van der Waals surface area contributed by atoms with Gasteiger partial charge in [0.1, 0.15) is 0 Å². The summed E-state index contributed by atoms with van der Waals surface area (Å²) >= 11 is 0. The number of nitrogens with zero attached hydrogens (tertiary/aromatic N) is 1. The molecule has 0 radical (unpaired) electrons. The number of carbonyl (C=O) groups excluding carboxylic acids is 1. The highest BCUT2D eigenvalue weighted by Gasteiger charge is 2.07. The molecule has 0 aromatic heterocycles. The summed E-state index contributed by atoms with van der Waals surface area (Å²) in [5.74, 6) is -0.117. The molecular formula is C15H25N3O. The van der Waals surface area contributed by atoms with Gasteiger partial charge in [0.15, 0.2) is 0 Å². The average Bonchev–Trinajstić information content (AvgIpc) is 2.42. The van der Waals surface area contributed by atoms with Crippen LogP contribution < -0.4 is 11.1 Å². The summed E-state index contributed by atoms with van der Waals surface area (Å²) in [6, 6.07) is 7.85. The highest BCUT2D eigenvalue weighted by atomic mass is 16.2. The van der Waals surface area contributed by atoms with Crippen LogP contribution in [0.4, 0.5) is 0 Å². The fourth-order valence-corrected chi connectivity index (χ4v) is 1.89. The first-order valence-corrected chi connectivity index (χ1v) is 6.90. The second-order valence-corrected chi connectivity index (χ2v) is 4.79. The first-order chi connectivity index (χ1) is 9.06. The maximum absolute atomic E-state index is 11.4. The van der Waals surface area contributed by atoms with Crippen molar-refractivity contribution in [1.82, 2.24) is 10.2 Å². The van der Waals surface area contributed by atoms with Crippen LogP contribution in [0.5, 0.6) is 0 Å². The fraction of sp³-hybridized carbons (Fsp3) is 0.533. The van der Waals surface area contributed by atoms with Gasteiger partial charge in [-0.25, -0.2) is 0 Å². The Labute approximate surface area is 116 Å². The second-order valence-electron chi connectivity index (χ2n) is 4.79. The first-order valence-electron chi connectivity index (χ1n) is 6.90. The number of rotatable bonds is 7. The molecule has 0 bridgehead atoms. The van der Waals surface area contributed by atoms with E-state index in [9.17, 15) is 4.79 Å². The summed E-state index contributed by atoms with van der Waals surface area (Å²) in [5.41, 5.74) is 7.90. The predicted octanol–water partition coefficient (Wildman–Crippen LogP) is 1.49. The molecule has 1 amide bonds. The van der Waals surface area contributed by atoms with Crippen LogP contribution >= 0.6 is 0 Å². The Morgan fingerprint density at radius 3 is 2.53 bits per heavy atom. The standard InChI is InChI=1S/C15H25N3O/c1-4-18(5-2)11-14-8-6-7-13(9-14)10-17-15(19)12(3)16/h6-9,12H,4-5,10-11,16H2,1-3H3,(H,17,19). The lowest BCUT2D eigenvalue weighted by atomic mass is 10.1. The SMILES string of the molecule is CCN(CC)Cc1cccc(CNC(=O)C(C)N)c1. The van der Waals surface area contributed by atoms with Crippen molar-refractivity contribution < 1.29 is 4.79 Å². The number of benzene rings is 1. The van der Waals surface area contributed by atoms with Crippen molar-refractivity contribution in [1.29, 1.82) is 0 Å². The van der Waals surface area contributed by atoms with Gasteiger partial charge in [0.2, 0.25) is 5.91 Å². The van der Waals surface area contributed by atoms with Crippen LogP contribution in [0.25, 0.3) is 0 Å². The normalized spacial score (nSPS) is 12.5. The Morgan fingerprint density at radius 1 is 1.32 bits per heavy atom. The molecule has 1 aromatic rings. The van der Waals surface area contributed by atoms with Gasteiger partial charge in [-0.2, -0.15) is 0 Å². The van der Waals surface area contributed by atoms with Crippen molar-refractivity contribution in [2.45, 2.75) is 39.9 Å². The van der Waals surface area contributed by atoms with Gasteiger partial charge in [0.25, 0.3) is 0 Å². The number of amides is 1. The third-order valence-electron chi connectivity index (χ3n) is 3.17. The Bertz CT molecular complexity index is 400. The molecule has 0 saturated carbocycles. The smallest absolute Gasteiger partial charge is 0.236 e. The maximum Gasteiger partial charge on any atom is 0.236 e. The highest BCUT2D eigenvalue weighted by molar-refractivity contribution is 5.80. The average molecular weight is 263 g/mol. The summed E-state index contributed by atoms with van der Waals surface area (Å²) < 4.78 is 0. The monoisotopic (exact) mass is 263 g/mol. The lowest BCUT2D eigenvalue weighted by Gasteiger charge is -2.18. The van der Waals surface area contributed by atoms with Crippen molar-refractivity contribution in [3.63, 3.8) is 0 Å². The van der Waals surface area contributed by atoms with Gasteiger partial charge in [-0.15, -0.1) is 0 Å². The molecule has 1 rings (SSSR count). The third kappa shape index (κ3) is 5.41. The molecule has 19 heavy (non-hydrogen) atoms. The Hall–Kier alpha value is -1.39. The van der Waals surface area contributed by atoms with E-state index < -0.39 is 6.04 Å². The molecule has 0 aliphatic carbocycles. The zero-order valence-electron chi connectivity index (χ0n) is 12.1. The molecule has 0 saturated heterocycles. The quantitative estimate of drug-likeness (QED) is 0.783.